The van der Waals surface area contributed by atoms with Crippen LogP contribution in [0.2, 0.25) is 0 Å². The Balaban J connectivity index is 2.57. The fraction of sp³-hybridized carbons (Fsp3) is 0.350. The molecule has 0 aliphatic heterocycles. The molecule has 0 spiro atoms. The lowest BCUT2D eigenvalue weighted by molar-refractivity contribution is 0.406. The second-order valence-electron chi connectivity index (χ2n) is 6.39. The fourth-order valence-corrected chi connectivity index (χ4v) is 2.86. The van der Waals surface area contributed by atoms with E-state index in [-0.39, 0.29) is 5.41 Å². The van der Waals surface area contributed by atoms with Gasteiger partial charge in [0.15, 0.2) is 0 Å². The van der Waals surface area contributed by atoms with Crippen molar-refractivity contribution in [3.05, 3.63) is 64.7 Å². The van der Waals surface area contributed by atoms with Crippen LogP contribution < -0.4 is 4.74 Å². The molecule has 0 amide bonds. The number of hydrogen-bond donors (Lipinski definition) is 0. The Hall–Kier alpha value is -2.27. The summed E-state index contributed by atoms with van der Waals surface area (Å²) in [6, 6.07) is 16.5. The van der Waals surface area contributed by atoms with Crippen LogP contribution in [0.4, 0.5) is 0 Å². The van der Waals surface area contributed by atoms with E-state index in [1.165, 1.54) is 5.56 Å². The van der Waals surface area contributed by atoms with Crippen molar-refractivity contribution in [2.45, 2.75) is 39.0 Å². The molecule has 0 atom stereocenters. The molecule has 0 saturated heterocycles. The Morgan fingerprint density at radius 3 is 2.36 bits per heavy atom. The highest BCUT2D eigenvalue weighted by molar-refractivity contribution is 5.50. The first-order valence-electron chi connectivity index (χ1n) is 7.59. The summed E-state index contributed by atoms with van der Waals surface area (Å²) in [6.45, 7) is 8.61. The number of nitrogens with zero attached hydrogens (tertiary/aromatic N) is 1. The first-order valence-corrected chi connectivity index (χ1v) is 7.59. The van der Waals surface area contributed by atoms with Crippen LogP contribution in [0.5, 0.6) is 5.75 Å². The molecule has 0 aliphatic carbocycles. The summed E-state index contributed by atoms with van der Waals surface area (Å²) in [7, 11) is 1.71. The molecule has 0 fully saturated rings. The van der Waals surface area contributed by atoms with Gasteiger partial charge in [-0.3, -0.25) is 0 Å². The Labute approximate surface area is 133 Å². The highest BCUT2D eigenvalue weighted by Crippen LogP contribution is 2.37. The molecule has 114 valence electrons. The minimum atomic E-state index is -0.255. The lowest BCUT2D eigenvalue weighted by atomic mass is 9.75. The van der Waals surface area contributed by atoms with Crippen molar-refractivity contribution < 1.29 is 4.74 Å². The molecule has 0 heterocycles. The highest BCUT2D eigenvalue weighted by Gasteiger charge is 2.27. The highest BCUT2D eigenvalue weighted by atomic mass is 16.5. The topological polar surface area (TPSA) is 33.0 Å². The average molecular weight is 293 g/mol. The van der Waals surface area contributed by atoms with E-state index in [2.05, 4.69) is 52.0 Å². The number of methoxy groups -OCH3 is 1. The Morgan fingerprint density at radius 1 is 1.09 bits per heavy atom. The van der Waals surface area contributed by atoms with Gasteiger partial charge >= 0.3 is 0 Å². The van der Waals surface area contributed by atoms with Crippen molar-refractivity contribution >= 4 is 0 Å². The summed E-state index contributed by atoms with van der Waals surface area (Å²) < 4.78 is 5.57. The van der Waals surface area contributed by atoms with Crippen LogP contribution in [0.25, 0.3) is 0 Å². The molecule has 0 bridgehead atoms. The van der Waals surface area contributed by atoms with Crippen molar-refractivity contribution in [3.63, 3.8) is 0 Å². The first-order chi connectivity index (χ1) is 10.4. The third kappa shape index (κ3) is 2.85. The SMILES string of the molecule is COc1cc(C(C)(C)c2ccccc2C#N)ccc1C(C)C. The summed E-state index contributed by atoms with van der Waals surface area (Å²) >= 11 is 0. The van der Waals surface area contributed by atoms with Gasteiger partial charge in [0.05, 0.1) is 18.7 Å². The van der Waals surface area contributed by atoms with Crippen molar-refractivity contribution in [3.8, 4) is 11.8 Å². The van der Waals surface area contributed by atoms with Crippen LogP contribution in [0.15, 0.2) is 42.5 Å². The first kappa shape index (κ1) is 16.1. The van der Waals surface area contributed by atoms with Gasteiger partial charge < -0.3 is 4.74 Å². The van der Waals surface area contributed by atoms with E-state index in [1.807, 2.05) is 24.3 Å². The number of nitriles is 1. The lowest BCUT2D eigenvalue weighted by Gasteiger charge is -2.28. The number of rotatable bonds is 4. The Bertz CT molecular complexity index is 708. The molecule has 22 heavy (non-hydrogen) atoms. The molecule has 0 aliphatic rings. The van der Waals surface area contributed by atoms with E-state index in [0.717, 1.165) is 22.4 Å². The minimum absolute atomic E-state index is 0.255. The van der Waals surface area contributed by atoms with Crippen molar-refractivity contribution in [2.75, 3.05) is 7.11 Å². The van der Waals surface area contributed by atoms with Crippen LogP contribution >= 0.6 is 0 Å². The van der Waals surface area contributed by atoms with E-state index in [1.54, 1.807) is 7.11 Å². The molecule has 0 radical (unpaired) electrons. The standard InChI is InChI=1S/C20H23NO/c1-14(2)17-11-10-16(12-19(17)22-5)20(3,4)18-9-7-6-8-15(18)13-21/h6-12,14H,1-5H3. The molecule has 0 N–H and O–H groups in total. The normalized spacial score (nSPS) is 11.3. The van der Waals surface area contributed by atoms with Gasteiger partial charge in [-0.2, -0.15) is 5.26 Å². The maximum Gasteiger partial charge on any atom is 0.122 e. The monoisotopic (exact) mass is 293 g/mol. The maximum absolute atomic E-state index is 9.37. The molecule has 2 aromatic carbocycles. The lowest BCUT2D eigenvalue weighted by Crippen LogP contribution is -2.20. The van der Waals surface area contributed by atoms with Gasteiger partial charge in [-0.15, -0.1) is 0 Å². The molecular formula is C20H23NO. The zero-order valence-electron chi connectivity index (χ0n) is 14.0. The van der Waals surface area contributed by atoms with E-state index < -0.39 is 0 Å². The van der Waals surface area contributed by atoms with E-state index >= 15 is 0 Å². The van der Waals surface area contributed by atoms with E-state index in [4.69, 9.17) is 4.74 Å². The second kappa shape index (κ2) is 6.23. The third-order valence-electron chi connectivity index (χ3n) is 4.30. The Morgan fingerprint density at radius 2 is 1.77 bits per heavy atom. The smallest absolute Gasteiger partial charge is 0.122 e. The average Bonchev–Trinajstić information content (AvgIpc) is 2.53. The molecule has 0 aromatic heterocycles. The zero-order chi connectivity index (χ0) is 16.3. The molecule has 2 rings (SSSR count). The van der Waals surface area contributed by atoms with Gasteiger partial charge in [0.2, 0.25) is 0 Å². The number of ether oxygens (including phenoxy) is 1. The maximum atomic E-state index is 9.37. The van der Waals surface area contributed by atoms with Crippen LogP contribution in [0.3, 0.4) is 0 Å². The second-order valence-corrected chi connectivity index (χ2v) is 6.39. The summed E-state index contributed by atoms with van der Waals surface area (Å²) in [5.74, 6) is 1.33. The van der Waals surface area contributed by atoms with Crippen LogP contribution in [-0.2, 0) is 5.41 Å². The van der Waals surface area contributed by atoms with Crippen LogP contribution in [0.1, 0.15) is 55.9 Å². The van der Waals surface area contributed by atoms with Gasteiger partial charge in [-0.25, -0.2) is 0 Å². The third-order valence-corrected chi connectivity index (χ3v) is 4.30. The van der Waals surface area contributed by atoms with Crippen molar-refractivity contribution in [1.29, 1.82) is 5.26 Å². The number of benzene rings is 2. The van der Waals surface area contributed by atoms with Crippen molar-refractivity contribution in [2.24, 2.45) is 0 Å². The van der Waals surface area contributed by atoms with Gasteiger partial charge in [-0.1, -0.05) is 58.0 Å². The molecule has 0 unspecified atom stereocenters. The molecule has 2 heteroatoms. The predicted molar refractivity (Wildman–Crippen MR) is 90.4 cm³/mol. The quantitative estimate of drug-likeness (QED) is 0.793. The minimum Gasteiger partial charge on any atom is -0.496 e. The van der Waals surface area contributed by atoms with Gasteiger partial charge in [0, 0.05) is 5.41 Å². The fourth-order valence-electron chi connectivity index (χ4n) is 2.86. The van der Waals surface area contributed by atoms with E-state index in [0.29, 0.717) is 5.92 Å². The van der Waals surface area contributed by atoms with Crippen molar-refractivity contribution in [1.82, 2.24) is 0 Å². The molecule has 2 nitrogen and oxygen atoms in total. The van der Waals surface area contributed by atoms with Gasteiger partial charge in [0.1, 0.15) is 5.75 Å². The number of hydrogen-bond acceptors (Lipinski definition) is 2. The predicted octanol–water partition coefficient (Wildman–Crippen LogP) is 5.02. The zero-order valence-corrected chi connectivity index (χ0v) is 14.0. The summed E-state index contributed by atoms with van der Waals surface area (Å²) in [5.41, 5.74) is 3.86. The molecule has 2 aromatic rings. The Kier molecular flexibility index (Phi) is 4.56. The molecule has 0 saturated carbocycles. The molecular weight excluding hydrogens is 270 g/mol. The van der Waals surface area contributed by atoms with Gasteiger partial charge in [-0.05, 0) is 34.7 Å². The largest absolute Gasteiger partial charge is 0.496 e. The summed E-state index contributed by atoms with van der Waals surface area (Å²) in [4.78, 5) is 0. The van der Waals surface area contributed by atoms with Gasteiger partial charge in [0.25, 0.3) is 0 Å². The summed E-state index contributed by atoms with van der Waals surface area (Å²) in [5, 5.41) is 9.37. The van der Waals surface area contributed by atoms with E-state index in [9.17, 15) is 5.26 Å². The summed E-state index contributed by atoms with van der Waals surface area (Å²) in [6.07, 6.45) is 0. The van der Waals surface area contributed by atoms with Crippen LogP contribution in [0, 0.1) is 11.3 Å². The van der Waals surface area contributed by atoms with Crippen LogP contribution in [-0.4, -0.2) is 7.11 Å².